The lowest BCUT2D eigenvalue weighted by Crippen LogP contribution is -2.51. The van der Waals surface area contributed by atoms with Gasteiger partial charge in [0.1, 0.15) is 12.2 Å². The van der Waals surface area contributed by atoms with Gasteiger partial charge in [-0.05, 0) is 32.8 Å². The van der Waals surface area contributed by atoms with E-state index in [0.717, 1.165) is 6.42 Å². The molecular weight excluding hydrogens is 266 g/mol. The van der Waals surface area contributed by atoms with Crippen molar-refractivity contribution in [3.05, 3.63) is 35.9 Å². The number of piperidine rings is 1. The zero-order chi connectivity index (χ0) is 14.8. The molecule has 4 rings (SSSR count). The highest BCUT2D eigenvalue weighted by atomic mass is 16.8. The molecule has 4 nitrogen and oxygen atoms in total. The summed E-state index contributed by atoms with van der Waals surface area (Å²) in [7, 11) is 0. The Morgan fingerprint density at radius 3 is 2.57 bits per heavy atom. The summed E-state index contributed by atoms with van der Waals surface area (Å²) in [6.07, 6.45) is 0.826. The van der Waals surface area contributed by atoms with E-state index < -0.39 is 5.79 Å². The smallest absolute Gasteiger partial charge is 0.229 e. The molecule has 112 valence electrons. The number of carbonyl (C=O) groups is 1. The van der Waals surface area contributed by atoms with Gasteiger partial charge in [0.25, 0.3) is 0 Å². The summed E-state index contributed by atoms with van der Waals surface area (Å²) < 4.78 is 12.0. The first-order chi connectivity index (χ1) is 9.98. The Kier molecular flexibility index (Phi) is 2.72. The average molecular weight is 287 g/mol. The molecule has 1 aliphatic carbocycles. The minimum Gasteiger partial charge on any atom is -0.344 e. The van der Waals surface area contributed by atoms with Gasteiger partial charge in [-0.3, -0.25) is 4.79 Å². The first-order valence-corrected chi connectivity index (χ1v) is 7.71. The third-order valence-corrected chi connectivity index (χ3v) is 5.06. The first kappa shape index (κ1) is 13.3. The predicted octanol–water partition coefficient (Wildman–Crippen LogP) is 2.50. The van der Waals surface area contributed by atoms with Crippen LogP contribution in [0.15, 0.2) is 30.3 Å². The molecule has 21 heavy (non-hydrogen) atoms. The molecular formula is C17H21NO3. The highest BCUT2D eigenvalue weighted by Gasteiger charge is 2.64. The van der Waals surface area contributed by atoms with Crippen LogP contribution in [-0.4, -0.2) is 34.8 Å². The fraction of sp³-hybridized carbons (Fsp3) is 0.588. The van der Waals surface area contributed by atoms with Crippen LogP contribution in [0.1, 0.15) is 38.8 Å². The standard InChI is InChI=1S/C17H21NO3/c1-10(11-7-5-4-6-8-11)18-13-9-12(16(18)19)14-15(13)21-17(2,3)20-14/h4-8,10,12-15H,9H2,1-3H3/t10-,12-,13+,14+,15-/m0/s1. The van der Waals surface area contributed by atoms with Gasteiger partial charge in [-0.1, -0.05) is 30.3 Å². The van der Waals surface area contributed by atoms with Crippen LogP contribution in [0.5, 0.6) is 0 Å². The molecule has 2 bridgehead atoms. The number of likely N-dealkylation sites (tertiary alicyclic amines) is 1. The average Bonchev–Trinajstić information content (AvgIpc) is 3.05. The highest BCUT2D eigenvalue weighted by Crippen LogP contribution is 2.50. The number of benzene rings is 1. The third kappa shape index (κ3) is 1.86. The maximum Gasteiger partial charge on any atom is 0.229 e. The number of rotatable bonds is 2. The molecule has 0 aromatic heterocycles. The molecule has 4 heteroatoms. The van der Waals surface area contributed by atoms with E-state index in [-0.39, 0.29) is 36.1 Å². The second kappa shape index (κ2) is 4.31. The van der Waals surface area contributed by atoms with Crippen molar-refractivity contribution in [2.75, 3.05) is 0 Å². The first-order valence-electron chi connectivity index (χ1n) is 7.71. The summed E-state index contributed by atoms with van der Waals surface area (Å²) in [6, 6.07) is 10.4. The maximum absolute atomic E-state index is 12.7. The van der Waals surface area contributed by atoms with Crippen molar-refractivity contribution >= 4 is 5.91 Å². The van der Waals surface area contributed by atoms with E-state index in [2.05, 4.69) is 19.1 Å². The number of hydrogen-bond donors (Lipinski definition) is 0. The Balaban J connectivity index is 1.63. The second-order valence-electron chi connectivity index (χ2n) is 6.81. The lowest BCUT2D eigenvalue weighted by atomic mass is 9.99. The quantitative estimate of drug-likeness (QED) is 0.839. The summed E-state index contributed by atoms with van der Waals surface area (Å²) in [6.45, 7) is 5.96. The van der Waals surface area contributed by atoms with E-state index in [4.69, 9.17) is 9.47 Å². The van der Waals surface area contributed by atoms with E-state index in [1.807, 2.05) is 36.9 Å². The van der Waals surface area contributed by atoms with Crippen LogP contribution in [0.25, 0.3) is 0 Å². The number of nitrogens with zero attached hydrogens (tertiary/aromatic N) is 1. The van der Waals surface area contributed by atoms with Crippen LogP contribution in [0, 0.1) is 5.92 Å². The van der Waals surface area contributed by atoms with E-state index in [1.165, 1.54) is 5.56 Å². The molecule has 1 aromatic carbocycles. The van der Waals surface area contributed by atoms with Crippen molar-refractivity contribution in [2.45, 2.75) is 57.3 Å². The van der Waals surface area contributed by atoms with Gasteiger partial charge in [0.15, 0.2) is 5.79 Å². The van der Waals surface area contributed by atoms with Gasteiger partial charge in [0, 0.05) is 0 Å². The van der Waals surface area contributed by atoms with E-state index in [0.29, 0.717) is 0 Å². The number of ether oxygens (including phenoxy) is 2. The maximum atomic E-state index is 12.7. The lowest BCUT2D eigenvalue weighted by molar-refractivity contribution is -0.156. The van der Waals surface area contributed by atoms with Crippen molar-refractivity contribution < 1.29 is 14.3 Å². The molecule has 0 unspecified atom stereocenters. The fourth-order valence-electron chi connectivity index (χ4n) is 4.19. The lowest BCUT2D eigenvalue weighted by Gasteiger charge is -2.37. The fourth-order valence-corrected chi connectivity index (χ4v) is 4.19. The van der Waals surface area contributed by atoms with Crippen molar-refractivity contribution in [3.8, 4) is 0 Å². The summed E-state index contributed by atoms with van der Waals surface area (Å²) in [5, 5.41) is 0. The van der Waals surface area contributed by atoms with Gasteiger partial charge in [0.2, 0.25) is 5.91 Å². The van der Waals surface area contributed by atoms with E-state index >= 15 is 0 Å². The summed E-state index contributed by atoms with van der Waals surface area (Å²) in [4.78, 5) is 14.7. The number of amides is 1. The van der Waals surface area contributed by atoms with Crippen LogP contribution in [0.2, 0.25) is 0 Å². The van der Waals surface area contributed by atoms with Crippen molar-refractivity contribution in [1.29, 1.82) is 0 Å². The Morgan fingerprint density at radius 2 is 1.86 bits per heavy atom. The van der Waals surface area contributed by atoms with Crippen LogP contribution >= 0.6 is 0 Å². The molecule has 3 fully saturated rings. The van der Waals surface area contributed by atoms with Gasteiger partial charge in [-0.25, -0.2) is 0 Å². The summed E-state index contributed by atoms with van der Waals surface area (Å²) >= 11 is 0. The minimum absolute atomic E-state index is 0.0221. The number of hydrogen-bond acceptors (Lipinski definition) is 3. The van der Waals surface area contributed by atoms with E-state index in [9.17, 15) is 4.79 Å². The van der Waals surface area contributed by atoms with Gasteiger partial charge in [-0.15, -0.1) is 0 Å². The second-order valence-corrected chi connectivity index (χ2v) is 6.81. The molecule has 2 heterocycles. The Bertz CT molecular complexity index is 571. The normalized spacial score (nSPS) is 37.9. The van der Waals surface area contributed by atoms with Gasteiger partial charge in [-0.2, -0.15) is 0 Å². The van der Waals surface area contributed by atoms with Gasteiger partial charge >= 0.3 is 0 Å². The SMILES string of the molecule is C[C@@H](c1ccccc1)N1C(=O)[C@H]2C[C@@H]1[C@@H]1OC(C)(C)O[C@@H]12. The predicted molar refractivity (Wildman–Crippen MR) is 77.4 cm³/mol. The third-order valence-electron chi connectivity index (χ3n) is 5.06. The van der Waals surface area contributed by atoms with Crippen LogP contribution < -0.4 is 0 Å². The highest BCUT2D eigenvalue weighted by molar-refractivity contribution is 5.84. The zero-order valence-corrected chi connectivity index (χ0v) is 12.7. The molecule has 1 saturated carbocycles. The molecule has 3 aliphatic rings. The van der Waals surface area contributed by atoms with Gasteiger partial charge in [0.05, 0.1) is 18.0 Å². The Labute approximate surface area is 125 Å². The van der Waals surface area contributed by atoms with E-state index in [1.54, 1.807) is 0 Å². The molecule has 0 radical (unpaired) electrons. The Hall–Kier alpha value is -1.39. The van der Waals surface area contributed by atoms with Crippen LogP contribution in [-0.2, 0) is 14.3 Å². The molecule has 1 aromatic rings. The molecule has 0 N–H and O–H groups in total. The molecule has 2 saturated heterocycles. The zero-order valence-electron chi connectivity index (χ0n) is 12.7. The summed E-state index contributed by atoms with van der Waals surface area (Å²) in [5.74, 6) is -0.384. The monoisotopic (exact) mass is 287 g/mol. The van der Waals surface area contributed by atoms with Crippen LogP contribution in [0.4, 0.5) is 0 Å². The number of carbonyl (C=O) groups excluding carboxylic acids is 1. The summed E-state index contributed by atoms with van der Waals surface area (Å²) in [5.41, 5.74) is 1.17. The Morgan fingerprint density at radius 1 is 1.19 bits per heavy atom. The molecule has 5 atom stereocenters. The van der Waals surface area contributed by atoms with Gasteiger partial charge < -0.3 is 14.4 Å². The topological polar surface area (TPSA) is 38.8 Å². The largest absolute Gasteiger partial charge is 0.344 e. The number of fused-ring (bicyclic) bond motifs is 5. The molecule has 2 aliphatic heterocycles. The van der Waals surface area contributed by atoms with Crippen molar-refractivity contribution in [1.82, 2.24) is 4.90 Å². The molecule has 1 amide bonds. The molecule has 0 spiro atoms. The van der Waals surface area contributed by atoms with Crippen molar-refractivity contribution in [3.63, 3.8) is 0 Å². The van der Waals surface area contributed by atoms with Crippen LogP contribution in [0.3, 0.4) is 0 Å². The van der Waals surface area contributed by atoms with Crippen molar-refractivity contribution in [2.24, 2.45) is 5.92 Å². The minimum atomic E-state index is -0.571.